The van der Waals surface area contributed by atoms with Crippen LogP contribution in [0, 0.1) is 25.2 Å². The summed E-state index contributed by atoms with van der Waals surface area (Å²) in [4.78, 5) is 51.6. The van der Waals surface area contributed by atoms with Crippen molar-refractivity contribution in [2.24, 2.45) is 11.3 Å². The van der Waals surface area contributed by atoms with Crippen molar-refractivity contribution >= 4 is 23.7 Å². The van der Waals surface area contributed by atoms with Crippen LogP contribution >= 0.6 is 0 Å². The van der Waals surface area contributed by atoms with Crippen molar-refractivity contribution in [2.75, 3.05) is 13.2 Å². The number of ketones is 1. The Labute approximate surface area is 189 Å². The molecule has 1 saturated heterocycles. The van der Waals surface area contributed by atoms with E-state index in [1.165, 1.54) is 0 Å². The summed E-state index contributed by atoms with van der Waals surface area (Å²) in [6.07, 6.45) is 2.06. The predicted molar refractivity (Wildman–Crippen MR) is 119 cm³/mol. The number of carbonyl (C=O) groups excluding carboxylic acids is 4. The first kappa shape index (κ1) is 24.0. The predicted octanol–water partition coefficient (Wildman–Crippen LogP) is 3.55. The number of aryl methyl sites for hydroxylation is 1. The quantitative estimate of drug-likeness (QED) is 0.410. The molecule has 8 heteroatoms. The molecular formula is C24H35N3O5. The molecule has 0 radical (unpaired) electrons. The minimum Gasteiger partial charge on any atom is -0.456 e. The molecule has 0 aromatic carbocycles. The van der Waals surface area contributed by atoms with Gasteiger partial charge in [-0.3, -0.25) is 19.3 Å². The molecule has 2 aliphatic rings. The van der Waals surface area contributed by atoms with Crippen molar-refractivity contribution in [1.29, 1.82) is 0 Å². The maximum atomic E-state index is 13.1. The lowest BCUT2D eigenvalue weighted by Crippen LogP contribution is -2.54. The summed E-state index contributed by atoms with van der Waals surface area (Å²) < 4.78 is 7.20. The third-order valence-electron chi connectivity index (χ3n) is 6.58. The first-order chi connectivity index (χ1) is 14.8. The Morgan fingerprint density at radius 3 is 2.44 bits per heavy atom. The second kappa shape index (κ2) is 8.37. The van der Waals surface area contributed by atoms with E-state index in [-0.39, 0.29) is 29.1 Å². The van der Waals surface area contributed by atoms with Crippen LogP contribution in [0.4, 0.5) is 4.79 Å². The van der Waals surface area contributed by atoms with Crippen molar-refractivity contribution in [1.82, 2.24) is 14.8 Å². The molecule has 1 N–H and O–H groups in total. The number of hydrogen-bond acceptors (Lipinski definition) is 5. The number of rotatable bonds is 6. The molecule has 3 amide bonds. The lowest BCUT2D eigenvalue weighted by atomic mass is 9.64. The van der Waals surface area contributed by atoms with Crippen molar-refractivity contribution < 1.29 is 23.9 Å². The Balaban J connectivity index is 1.63. The van der Waals surface area contributed by atoms with Crippen LogP contribution in [-0.2, 0) is 14.3 Å². The van der Waals surface area contributed by atoms with Gasteiger partial charge in [-0.25, -0.2) is 4.79 Å². The van der Waals surface area contributed by atoms with Gasteiger partial charge in [-0.2, -0.15) is 0 Å². The molecule has 1 aliphatic heterocycles. The smallest absolute Gasteiger partial charge is 0.326 e. The lowest BCUT2D eigenvalue weighted by molar-refractivity contribution is -0.147. The Morgan fingerprint density at radius 1 is 1.22 bits per heavy atom. The standard InChI is InChI=1S/C24H35N3O5/c1-14(2)27-16(4)8-18(17(27)5)19(28)12-32-20(29)11-26-21(30)24(25-22(26)31)10-15(3)9-23(6,7)13-24/h8,14-15H,9-13H2,1-7H3,(H,25,31). The summed E-state index contributed by atoms with van der Waals surface area (Å²) in [5, 5.41) is 2.84. The number of urea groups is 1. The van der Waals surface area contributed by atoms with Crippen LogP contribution in [0.15, 0.2) is 6.07 Å². The van der Waals surface area contributed by atoms with E-state index in [0.29, 0.717) is 18.4 Å². The molecule has 1 saturated carbocycles. The third kappa shape index (κ3) is 4.45. The first-order valence-electron chi connectivity index (χ1n) is 11.3. The van der Waals surface area contributed by atoms with Crippen LogP contribution in [0.5, 0.6) is 0 Å². The van der Waals surface area contributed by atoms with E-state index in [9.17, 15) is 19.2 Å². The molecule has 176 valence electrons. The average molecular weight is 446 g/mol. The summed E-state index contributed by atoms with van der Waals surface area (Å²) >= 11 is 0. The van der Waals surface area contributed by atoms with Gasteiger partial charge in [0.2, 0.25) is 5.78 Å². The molecule has 1 spiro atoms. The molecule has 1 aromatic heterocycles. The maximum absolute atomic E-state index is 13.1. The second-order valence-corrected chi connectivity index (χ2v) is 10.6. The fourth-order valence-electron chi connectivity index (χ4n) is 5.90. The van der Waals surface area contributed by atoms with Crippen LogP contribution < -0.4 is 5.32 Å². The average Bonchev–Trinajstić information content (AvgIpc) is 3.05. The summed E-state index contributed by atoms with van der Waals surface area (Å²) in [5.74, 6) is -1.20. The normalized spacial score (nSPS) is 24.9. The van der Waals surface area contributed by atoms with Gasteiger partial charge in [0, 0.05) is 23.0 Å². The molecule has 1 aromatic rings. The number of hydrogen-bond donors (Lipinski definition) is 1. The monoisotopic (exact) mass is 445 g/mol. The van der Waals surface area contributed by atoms with Gasteiger partial charge in [0.05, 0.1) is 0 Å². The van der Waals surface area contributed by atoms with E-state index in [4.69, 9.17) is 4.74 Å². The number of ether oxygens (including phenoxy) is 1. The molecule has 3 rings (SSSR count). The number of carbonyl (C=O) groups is 4. The molecule has 2 heterocycles. The Bertz CT molecular complexity index is 961. The lowest BCUT2D eigenvalue weighted by Gasteiger charge is -2.43. The zero-order valence-electron chi connectivity index (χ0n) is 20.2. The van der Waals surface area contributed by atoms with Crippen molar-refractivity contribution in [3.05, 3.63) is 23.0 Å². The first-order valence-corrected chi connectivity index (χ1v) is 11.3. The fourth-order valence-corrected chi connectivity index (χ4v) is 5.90. The molecule has 2 fully saturated rings. The number of imide groups is 1. The highest BCUT2D eigenvalue weighted by Crippen LogP contribution is 2.46. The minimum absolute atomic E-state index is 0.0913. The number of esters is 1. The highest BCUT2D eigenvalue weighted by molar-refractivity contribution is 6.09. The zero-order chi connectivity index (χ0) is 24.0. The SMILES string of the molecule is Cc1cc(C(=O)COC(=O)CN2C(=O)NC3(CC(C)CC(C)(C)C3)C2=O)c(C)n1C(C)C. The summed E-state index contributed by atoms with van der Waals surface area (Å²) in [7, 11) is 0. The number of nitrogens with zero attached hydrogens (tertiary/aromatic N) is 2. The van der Waals surface area contributed by atoms with Crippen LogP contribution in [0.1, 0.15) is 81.7 Å². The molecule has 2 unspecified atom stereocenters. The molecular weight excluding hydrogens is 410 g/mol. The summed E-state index contributed by atoms with van der Waals surface area (Å²) in [6, 6.07) is 1.42. The van der Waals surface area contributed by atoms with Crippen LogP contribution in [0.3, 0.4) is 0 Å². The fraction of sp³-hybridized carbons (Fsp3) is 0.667. The van der Waals surface area contributed by atoms with Gasteiger partial charge in [-0.05, 0) is 64.4 Å². The van der Waals surface area contributed by atoms with Crippen LogP contribution in [0.25, 0.3) is 0 Å². The molecule has 2 atom stereocenters. The molecule has 0 bridgehead atoms. The largest absolute Gasteiger partial charge is 0.456 e. The Hall–Kier alpha value is -2.64. The van der Waals surface area contributed by atoms with E-state index in [1.807, 2.05) is 32.3 Å². The Morgan fingerprint density at radius 2 is 1.88 bits per heavy atom. The number of Topliss-reactive ketones (excluding diaryl/α,β-unsaturated/α-hetero) is 1. The van der Waals surface area contributed by atoms with E-state index < -0.39 is 30.7 Å². The zero-order valence-corrected chi connectivity index (χ0v) is 20.2. The topological polar surface area (TPSA) is 97.7 Å². The van der Waals surface area contributed by atoms with Gasteiger partial charge in [0.25, 0.3) is 5.91 Å². The van der Waals surface area contributed by atoms with Crippen LogP contribution in [0.2, 0.25) is 0 Å². The second-order valence-electron chi connectivity index (χ2n) is 10.6. The molecule has 32 heavy (non-hydrogen) atoms. The summed E-state index contributed by atoms with van der Waals surface area (Å²) in [5.41, 5.74) is 1.23. The van der Waals surface area contributed by atoms with E-state index in [2.05, 4.69) is 26.1 Å². The Kier molecular flexibility index (Phi) is 6.28. The van der Waals surface area contributed by atoms with E-state index >= 15 is 0 Å². The van der Waals surface area contributed by atoms with E-state index in [1.54, 1.807) is 6.07 Å². The summed E-state index contributed by atoms with van der Waals surface area (Å²) in [6.45, 7) is 13.2. The highest BCUT2D eigenvalue weighted by atomic mass is 16.5. The van der Waals surface area contributed by atoms with Gasteiger partial charge < -0.3 is 14.6 Å². The van der Waals surface area contributed by atoms with Gasteiger partial charge in [-0.1, -0.05) is 20.8 Å². The van der Waals surface area contributed by atoms with Crippen LogP contribution in [-0.4, -0.2) is 51.8 Å². The van der Waals surface area contributed by atoms with Crippen molar-refractivity contribution in [3.63, 3.8) is 0 Å². The van der Waals surface area contributed by atoms with Gasteiger partial charge >= 0.3 is 12.0 Å². The third-order valence-corrected chi connectivity index (χ3v) is 6.58. The highest BCUT2D eigenvalue weighted by Gasteiger charge is 2.56. The van der Waals surface area contributed by atoms with Crippen molar-refractivity contribution in [3.8, 4) is 0 Å². The number of nitrogens with one attached hydrogen (secondary N) is 1. The van der Waals surface area contributed by atoms with Crippen molar-refractivity contribution in [2.45, 2.75) is 79.3 Å². The minimum atomic E-state index is -0.969. The number of amides is 3. The molecule has 8 nitrogen and oxygen atoms in total. The number of aromatic nitrogens is 1. The van der Waals surface area contributed by atoms with Gasteiger partial charge in [0.15, 0.2) is 6.61 Å². The maximum Gasteiger partial charge on any atom is 0.326 e. The van der Waals surface area contributed by atoms with E-state index in [0.717, 1.165) is 22.7 Å². The van der Waals surface area contributed by atoms with Gasteiger partial charge in [-0.15, -0.1) is 0 Å². The van der Waals surface area contributed by atoms with Gasteiger partial charge in [0.1, 0.15) is 12.1 Å². The molecule has 1 aliphatic carbocycles.